The van der Waals surface area contributed by atoms with Gasteiger partial charge in [-0.25, -0.2) is 8.42 Å². The van der Waals surface area contributed by atoms with Crippen molar-refractivity contribution in [2.75, 3.05) is 7.05 Å². The molecule has 4 rings (SSSR count). The number of hydrogen-bond donors (Lipinski definition) is 3. The summed E-state index contributed by atoms with van der Waals surface area (Å²) in [6, 6.07) is 14.9. The van der Waals surface area contributed by atoms with Crippen molar-refractivity contribution in [3.8, 4) is 0 Å². The van der Waals surface area contributed by atoms with Crippen LogP contribution >= 0.6 is 0 Å². The van der Waals surface area contributed by atoms with Gasteiger partial charge in [0.15, 0.2) is 5.84 Å². The van der Waals surface area contributed by atoms with Crippen LogP contribution < -0.4 is 16.3 Å². The van der Waals surface area contributed by atoms with Crippen LogP contribution in [-0.2, 0) is 21.2 Å². The molecule has 3 aromatic rings. The second kappa shape index (κ2) is 10.4. The number of carbonyl (C=O) groups excluding carboxylic acids is 1. The molecule has 1 heterocycles. The largest absolute Gasteiger partial charge is 0.382 e. The van der Waals surface area contributed by atoms with Gasteiger partial charge in [0, 0.05) is 37.0 Å². The molecule has 184 valence electrons. The standard InChI is InChI=1S/C25H30N6O3S/c1-31(21-8-4-5-9-21)25(32)23(15-20-12-10-19(16-28-20)24(26)29-27)30-35(33,34)22-13-11-17-6-2-3-7-18(17)14-22/h2-3,6-7,10-14,16,21,23,30H,4-5,8-9,15,27H2,1H3,(H2,26,29). The Labute approximate surface area is 205 Å². The van der Waals surface area contributed by atoms with Gasteiger partial charge in [-0.3, -0.25) is 9.78 Å². The highest BCUT2D eigenvalue weighted by Crippen LogP contribution is 2.24. The van der Waals surface area contributed by atoms with Crippen LogP contribution in [0.5, 0.6) is 0 Å². The Balaban J connectivity index is 1.62. The number of nitrogens with zero attached hydrogens (tertiary/aromatic N) is 3. The first-order valence-corrected chi connectivity index (χ1v) is 13.0. The first-order valence-electron chi connectivity index (χ1n) is 11.5. The first kappa shape index (κ1) is 24.6. The number of pyridine rings is 1. The van der Waals surface area contributed by atoms with Gasteiger partial charge in [0.25, 0.3) is 0 Å². The second-order valence-corrected chi connectivity index (χ2v) is 10.5. The second-order valence-electron chi connectivity index (χ2n) is 8.83. The molecule has 0 bridgehead atoms. The molecule has 1 atom stereocenters. The van der Waals surface area contributed by atoms with Gasteiger partial charge in [-0.05, 0) is 47.9 Å². The van der Waals surface area contributed by atoms with Crippen molar-refractivity contribution in [1.82, 2.24) is 14.6 Å². The molecule has 1 amide bonds. The molecule has 10 heteroatoms. The zero-order valence-electron chi connectivity index (χ0n) is 19.6. The molecule has 9 nitrogen and oxygen atoms in total. The van der Waals surface area contributed by atoms with Crippen LogP contribution in [0.4, 0.5) is 0 Å². The third-order valence-corrected chi connectivity index (χ3v) is 7.99. The van der Waals surface area contributed by atoms with E-state index in [0.29, 0.717) is 11.3 Å². The van der Waals surface area contributed by atoms with Crippen molar-refractivity contribution < 1.29 is 13.2 Å². The lowest BCUT2D eigenvalue weighted by Crippen LogP contribution is -2.50. The smallest absolute Gasteiger partial charge is 0.241 e. The lowest BCUT2D eigenvalue weighted by atomic mass is 10.1. The fourth-order valence-corrected chi connectivity index (χ4v) is 5.69. The normalized spacial score (nSPS) is 15.9. The molecule has 35 heavy (non-hydrogen) atoms. The monoisotopic (exact) mass is 494 g/mol. The number of nitrogens with two attached hydrogens (primary N) is 2. The van der Waals surface area contributed by atoms with Crippen LogP contribution in [-0.4, -0.2) is 49.2 Å². The van der Waals surface area contributed by atoms with Gasteiger partial charge < -0.3 is 16.5 Å². The number of nitrogens with one attached hydrogen (secondary N) is 1. The van der Waals surface area contributed by atoms with E-state index in [1.807, 2.05) is 24.3 Å². The Kier molecular flexibility index (Phi) is 7.32. The molecule has 0 radical (unpaired) electrons. The Bertz CT molecular complexity index is 1330. The molecule has 1 aromatic heterocycles. The molecular formula is C25H30N6O3S. The van der Waals surface area contributed by atoms with Gasteiger partial charge in [0.05, 0.1) is 4.90 Å². The summed E-state index contributed by atoms with van der Waals surface area (Å²) in [4.78, 5) is 19.6. The summed E-state index contributed by atoms with van der Waals surface area (Å²) in [6.07, 6.45) is 5.53. The van der Waals surface area contributed by atoms with E-state index in [2.05, 4.69) is 14.8 Å². The van der Waals surface area contributed by atoms with Gasteiger partial charge >= 0.3 is 0 Å². The molecule has 1 saturated carbocycles. The molecule has 1 unspecified atom stereocenters. The first-order chi connectivity index (χ1) is 16.8. The third-order valence-electron chi connectivity index (χ3n) is 6.52. The predicted octanol–water partition coefficient (Wildman–Crippen LogP) is 2.10. The molecule has 0 spiro atoms. The molecule has 1 aliphatic carbocycles. The number of hydrogen-bond acceptors (Lipinski definition) is 6. The number of amides is 1. The van der Waals surface area contributed by atoms with E-state index >= 15 is 0 Å². The van der Waals surface area contributed by atoms with Gasteiger partial charge in [-0.15, -0.1) is 0 Å². The molecule has 5 N–H and O–H groups in total. The molecule has 2 aromatic carbocycles. The van der Waals surface area contributed by atoms with Gasteiger partial charge in [-0.1, -0.05) is 43.2 Å². The highest BCUT2D eigenvalue weighted by atomic mass is 32.2. The lowest BCUT2D eigenvalue weighted by molar-refractivity contribution is -0.133. The van der Waals surface area contributed by atoms with Crippen molar-refractivity contribution in [3.05, 3.63) is 72.1 Å². The van der Waals surface area contributed by atoms with E-state index in [0.717, 1.165) is 36.5 Å². The van der Waals surface area contributed by atoms with Crippen LogP contribution in [0.25, 0.3) is 10.8 Å². The summed E-state index contributed by atoms with van der Waals surface area (Å²) < 4.78 is 29.4. The van der Waals surface area contributed by atoms with E-state index in [9.17, 15) is 13.2 Å². The molecule has 0 saturated heterocycles. The fourth-order valence-electron chi connectivity index (χ4n) is 4.47. The number of aromatic nitrogens is 1. The Morgan fingerprint density at radius 1 is 1.14 bits per heavy atom. The van der Waals surface area contributed by atoms with Crippen LogP contribution in [0.15, 0.2) is 70.8 Å². The Hall–Kier alpha value is -3.50. The van der Waals surface area contributed by atoms with Gasteiger partial charge in [-0.2, -0.15) is 9.82 Å². The number of amidine groups is 1. The molecular weight excluding hydrogens is 464 g/mol. The topological polar surface area (TPSA) is 144 Å². The van der Waals surface area contributed by atoms with Gasteiger partial charge in [0.2, 0.25) is 15.9 Å². The van der Waals surface area contributed by atoms with Crippen LogP contribution in [0, 0.1) is 0 Å². The average Bonchev–Trinajstić information content (AvgIpc) is 3.42. The molecule has 0 aliphatic heterocycles. The molecule has 1 aliphatic rings. The Morgan fingerprint density at radius 2 is 1.86 bits per heavy atom. The SMILES string of the molecule is CN(C(=O)C(Cc1ccc(/C(N)=N/N)cn1)NS(=O)(=O)c1ccc2ccccc2c1)C1CCCC1. The van der Waals surface area contributed by atoms with Crippen molar-refractivity contribution in [3.63, 3.8) is 0 Å². The fraction of sp³-hybridized carbons (Fsp3) is 0.320. The number of fused-ring (bicyclic) bond motifs is 1. The van der Waals surface area contributed by atoms with E-state index in [-0.39, 0.29) is 29.1 Å². The lowest BCUT2D eigenvalue weighted by Gasteiger charge is -2.29. The summed E-state index contributed by atoms with van der Waals surface area (Å²) in [5, 5.41) is 5.19. The average molecular weight is 495 g/mol. The maximum absolute atomic E-state index is 13.5. The van der Waals surface area contributed by atoms with E-state index in [4.69, 9.17) is 11.6 Å². The number of carbonyl (C=O) groups is 1. The van der Waals surface area contributed by atoms with E-state index < -0.39 is 16.1 Å². The number of sulfonamides is 1. The number of likely N-dealkylation sites (N-methyl/N-ethyl adjacent to an activating group) is 1. The zero-order valence-corrected chi connectivity index (χ0v) is 20.4. The maximum atomic E-state index is 13.5. The highest BCUT2D eigenvalue weighted by molar-refractivity contribution is 7.89. The summed E-state index contributed by atoms with van der Waals surface area (Å²) in [6.45, 7) is 0. The Morgan fingerprint density at radius 3 is 2.51 bits per heavy atom. The summed E-state index contributed by atoms with van der Waals surface area (Å²) >= 11 is 0. The summed E-state index contributed by atoms with van der Waals surface area (Å²) in [5.74, 6) is 5.07. The highest BCUT2D eigenvalue weighted by Gasteiger charge is 2.32. The molecule has 1 fully saturated rings. The van der Waals surface area contributed by atoms with Crippen molar-refractivity contribution in [2.45, 2.75) is 49.1 Å². The number of rotatable bonds is 8. The summed E-state index contributed by atoms with van der Waals surface area (Å²) in [5.41, 5.74) is 6.80. The van der Waals surface area contributed by atoms with Crippen molar-refractivity contribution in [1.29, 1.82) is 0 Å². The number of hydrazone groups is 1. The zero-order chi connectivity index (χ0) is 25.0. The maximum Gasteiger partial charge on any atom is 0.241 e. The predicted molar refractivity (Wildman–Crippen MR) is 136 cm³/mol. The number of benzene rings is 2. The van der Waals surface area contributed by atoms with Crippen LogP contribution in [0.3, 0.4) is 0 Å². The van der Waals surface area contributed by atoms with Gasteiger partial charge in [0.1, 0.15) is 6.04 Å². The van der Waals surface area contributed by atoms with E-state index in [1.165, 1.54) is 6.20 Å². The minimum Gasteiger partial charge on any atom is -0.382 e. The van der Waals surface area contributed by atoms with Crippen LogP contribution in [0.1, 0.15) is 36.9 Å². The van der Waals surface area contributed by atoms with Crippen LogP contribution in [0.2, 0.25) is 0 Å². The van der Waals surface area contributed by atoms with Crippen molar-refractivity contribution >= 4 is 32.5 Å². The van der Waals surface area contributed by atoms with Crippen molar-refractivity contribution in [2.24, 2.45) is 16.7 Å². The summed E-state index contributed by atoms with van der Waals surface area (Å²) in [7, 11) is -2.24. The quantitative estimate of drug-likeness (QED) is 0.189. The third kappa shape index (κ3) is 5.60. The minimum absolute atomic E-state index is 0.0860. The minimum atomic E-state index is -3.98. The van der Waals surface area contributed by atoms with E-state index in [1.54, 1.807) is 42.3 Å².